The van der Waals surface area contributed by atoms with Crippen LogP contribution in [0.2, 0.25) is 5.02 Å². The molecule has 1 amide bonds. The molecule has 23 heavy (non-hydrogen) atoms. The van der Waals surface area contributed by atoms with Gasteiger partial charge in [0.1, 0.15) is 0 Å². The Balaban J connectivity index is 2.32. The monoisotopic (exact) mass is 397 g/mol. The Morgan fingerprint density at radius 1 is 1.30 bits per heavy atom. The Morgan fingerprint density at radius 2 is 2.04 bits per heavy atom. The van der Waals surface area contributed by atoms with Gasteiger partial charge in [-0.05, 0) is 59.6 Å². The maximum absolute atomic E-state index is 12.5. The lowest BCUT2D eigenvalue weighted by Gasteiger charge is -2.14. The fraction of sp³-hybridized carbons (Fsp3) is 0.235. The molecule has 0 aromatic heterocycles. The van der Waals surface area contributed by atoms with E-state index >= 15 is 0 Å². The van der Waals surface area contributed by atoms with Crippen LogP contribution in [0, 0.1) is 6.92 Å². The van der Waals surface area contributed by atoms with Crippen molar-refractivity contribution in [1.82, 2.24) is 0 Å². The molecule has 0 aliphatic rings. The van der Waals surface area contributed by atoms with Crippen LogP contribution in [0.5, 0.6) is 11.5 Å². The molecule has 0 aliphatic carbocycles. The topological polar surface area (TPSA) is 47.6 Å². The molecule has 2 aromatic rings. The van der Waals surface area contributed by atoms with Crippen molar-refractivity contribution in [1.29, 1.82) is 0 Å². The molecular weight excluding hydrogens is 382 g/mol. The first-order chi connectivity index (χ1) is 11.0. The van der Waals surface area contributed by atoms with Crippen LogP contribution < -0.4 is 14.8 Å². The van der Waals surface area contributed by atoms with Crippen LogP contribution in [0.1, 0.15) is 22.8 Å². The lowest BCUT2D eigenvalue weighted by Crippen LogP contribution is -2.13. The number of methoxy groups -OCH3 is 1. The minimum Gasteiger partial charge on any atom is -0.493 e. The molecule has 0 atom stereocenters. The maximum Gasteiger partial charge on any atom is 0.255 e. The number of anilines is 1. The maximum atomic E-state index is 12.5. The lowest BCUT2D eigenvalue weighted by atomic mass is 10.1. The van der Waals surface area contributed by atoms with Gasteiger partial charge in [-0.2, -0.15) is 0 Å². The third-order valence-electron chi connectivity index (χ3n) is 3.23. The minimum atomic E-state index is -0.252. The average Bonchev–Trinajstić information content (AvgIpc) is 2.52. The molecule has 2 rings (SSSR count). The van der Waals surface area contributed by atoms with Crippen molar-refractivity contribution in [3.05, 3.63) is 51.0 Å². The zero-order valence-corrected chi connectivity index (χ0v) is 15.4. The first-order valence-electron chi connectivity index (χ1n) is 7.04. The second-order valence-corrected chi connectivity index (χ2v) is 6.13. The van der Waals surface area contributed by atoms with Crippen LogP contribution in [0.4, 0.5) is 5.69 Å². The van der Waals surface area contributed by atoms with Gasteiger partial charge in [-0.3, -0.25) is 4.79 Å². The van der Waals surface area contributed by atoms with E-state index in [0.717, 1.165) is 5.56 Å². The highest BCUT2D eigenvalue weighted by atomic mass is 79.9. The van der Waals surface area contributed by atoms with E-state index in [1.807, 2.05) is 19.9 Å². The standard InChI is InChI=1S/C17H17BrClNO3/c1-4-23-16-13(18)7-11(8-15(16)22-3)17(21)20-14-9-12(19)6-5-10(14)2/h5-9H,4H2,1-3H3,(H,20,21). The summed E-state index contributed by atoms with van der Waals surface area (Å²) in [5, 5.41) is 3.42. The first kappa shape index (κ1) is 17.6. The number of nitrogens with one attached hydrogen (secondary N) is 1. The van der Waals surface area contributed by atoms with Crippen LogP contribution >= 0.6 is 27.5 Å². The number of carbonyl (C=O) groups is 1. The zero-order chi connectivity index (χ0) is 17.0. The summed E-state index contributed by atoms with van der Waals surface area (Å²) in [6.07, 6.45) is 0. The minimum absolute atomic E-state index is 0.252. The van der Waals surface area contributed by atoms with E-state index in [4.69, 9.17) is 21.1 Å². The smallest absolute Gasteiger partial charge is 0.255 e. The van der Waals surface area contributed by atoms with E-state index in [0.29, 0.717) is 38.9 Å². The quantitative estimate of drug-likeness (QED) is 0.765. The molecular formula is C17H17BrClNO3. The van der Waals surface area contributed by atoms with Gasteiger partial charge < -0.3 is 14.8 Å². The van der Waals surface area contributed by atoms with Crippen molar-refractivity contribution < 1.29 is 14.3 Å². The fourth-order valence-electron chi connectivity index (χ4n) is 2.06. The molecule has 0 fully saturated rings. The van der Waals surface area contributed by atoms with Crippen molar-refractivity contribution in [3.63, 3.8) is 0 Å². The molecule has 2 aromatic carbocycles. The van der Waals surface area contributed by atoms with E-state index < -0.39 is 0 Å². The van der Waals surface area contributed by atoms with Gasteiger partial charge in [-0.25, -0.2) is 0 Å². The van der Waals surface area contributed by atoms with Crippen LogP contribution in [-0.4, -0.2) is 19.6 Å². The predicted octanol–water partition coefficient (Wildman–Crippen LogP) is 5.07. The van der Waals surface area contributed by atoms with Gasteiger partial charge in [-0.1, -0.05) is 17.7 Å². The van der Waals surface area contributed by atoms with Gasteiger partial charge in [-0.15, -0.1) is 0 Å². The molecule has 6 heteroatoms. The van der Waals surface area contributed by atoms with Gasteiger partial charge in [0.2, 0.25) is 0 Å². The second-order valence-electron chi connectivity index (χ2n) is 4.84. The third-order valence-corrected chi connectivity index (χ3v) is 4.05. The molecule has 122 valence electrons. The summed E-state index contributed by atoms with van der Waals surface area (Å²) in [6.45, 7) is 4.29. The van der Waals surface area contributed by atoms with Gasteiger partial charge in [0.15, 0.2) is 11.5 Å². The molecule has 0 aliphatic heterocycles. The number of carbonyl (C=O) groups excluding carboxylic acids is 1. The number of hydrogen-bond donors (Lipinski definition) is 1. The molecule has 0 saturated carbocycles. The van der Waals surface area contributed by atoms with E-state index in [2.05, 4.69) is 21.2 Å². The van der Waals surface area contributed by atoms with E-state index in [1.165, 1.54) is 7.11 Å². The fourth-order valence-corrected chi connectivity index (χ4v) is 2.79. The van der Waals surface area contributed by atoms with Crippen molar-refractivity contribution in [3.8, 4) is 11.5 Å². The Morgan fingerprint density at radius 3 is 2.70 bits per heavy atom. The number of halogens is 2. The molecule has 0 heterocycles. The van der Waals surface area contributed by atoms with Crippen LogP contribution in [0.25, 0.3) is 0 Å². The SMILES string of the molecule is CCOc1c(Br)cc(C(=O)Nc2cc(Cl)ccc2C)cc1OC. The van der Waals surface area contributed by atoms with Crippen molar-refractivity contribution in [2.45, 2.75) is 13.8 Å². The van der Waals surface area contributed by atoms with Gasteiger partial charge >= 0.3 is 0 Å². The summed E-state index contributed by atoms with van der Waals surface area (Å²) in [7, 11) is 1.53. The summed E-state index contributed by atoms with van der Waals surface area (Å²) < 4.78 is 11.5. The number of hydrogen-bond acceptors (Lipinski definition) is 3. The largest absolute Gasteiger partial charge is 0.493 e. The molecule has 0 saturated heterocycles. The van der Waals surface area contributed by atoms with Gasteiger partial charge in [0, 0.05) is 16.3 Å². The average molecular weight is 399 g/mol. The summed E-state index contributed by atoms with van der Waals surface area (Å²) in [5.41, 5.74) is 2.06. The number of amides is 1. The molecule has 0 bridgehead atoms. The van der Waals surface area contributed by atoms with E-state index in [1.54, 1.807) is 24.3 Å². The van der Waals surface area contributed by atoms with E-state index in [-0.39, 0.29) is 5.91 Å². The third kappa shape index (κ3) is 4.18. The highest BCUT2D eigenvalue weighted by Crippen LogP contribution is 2.37. The summed E-state index contributed by atoms with van der Waals surface area (Å²) in [4.78, 5) is 12.5. The van der Waals surface area contributed by atoms with Crippen molar-refractivity contribution in [2.24, 2.45) is 0 Å². The Labute approximate surface area is 148 Å². The highest BCUT2D eigenvalue weighted by Gasteiger charge is 2.16. The molecule has 1 N–H and O–H groups in total. The normalized spacial score (nSPS) is 10.3. The number of rotatable bonds is 5. The molecule has 4 nitrogen and oxygen atoms in total. The van der Waals surface area contributed by atoms with Crippen molar-refractivity contribution >= 4 is 39.1 Å². The number of benzene rings is 2. The number of ether oxygens (including phenoxy) is 2. The summed E-state index contributed by atoms with van der Waals surface area (Å²) in [5.74, 6) is 0.817. The Hall–Kier alpha value is -1.72. The zero-order valence-electron chi connectivity index (χ0n) is 13.1. The first-order valence-corrected chi connectivity index (χ1v) is 8.21. The highest BCUT2D eigenvalue weighted by molar-refractivity contribution is 9.10. The van der Waals surface area contributed by atoms with E-state index in [9.17, 15) is 4.79 Å². The molecule has 0 unspecified atom stereocenters. The Bertz CT molecular complexity index is 734. The second kappa shape index (κ2) is 7.70. The number of aryl methyl sites for hydroxylation is 1. The lowest BCUT2D eigenvalue weighted by molar-refractivity contribution is 0.102. The summed E-state index contributed by atoms with van der Waals surface area (Å²) >= 11 is 9.39. The van der Waals surface area contributed by atoms with Crippen LogP contribution in [0.3, 0.4) is 0 Å². The van der Waals surface area contributed by atoms with Gasteiger partial charge in [0.05, 0.1) is 18.2 Å². The van der Waals surface area contributed by atoms with Crippen LogP contribution in [-0.2, 0) is 0 Å². The van der Waals surface area contributed by atoms with Crippen LogP contribution in [0.15, 0.2) is 34.8 Å². The van der Waals surface area contributed by atoms with Gasteiger partial charge in [0.25, 0.3) is 5.91 Å². The molecule has 0 spiro atoms. The predicted molar refractivity (Wildman–Crippen MR) is 96.0 cm³/mol. The Kier molecular flexibility index (Phi) is 5.91. The molecule has 0 radical (unpaired) electrons. The van der Waals surface area contributed by atoms with Crippen molar-refractivity contribution in [2.75, 3.05) is 19.0 Å². The summed E-state index contributed by atoms with van der Waals surface area (Å²) in [6, 6.07) is 8.69.